The van der Waals surface area contributed by atoms with Crippen molar-refractivity contribution in [2.45, 2.75) is 32.3 Å². The summed E-state index contributed by atoms with van der Waals surface area (Å²) < 4.78 is 11.0. The first-order valence-electron chi connectivity index (χ1n) is 7.57. The summed E-state index contributed by atoms with van der Waals surface area (Å²) in [6.45, 7) is 1.37. The zero-order valence-electron chi connectivity index (χ0n) is 12.5. The van der Waals surface area contributed by atoms with E-state index in [0.29, 0.717) is 12.4 Å². The molecule has 4 heteroatoms. The molecule has 0 saturated heterocycles. The molecule has 0 atom stereocenters. The number of ether oxygens (including phenoxy) is 2. The molecule has 0 aliphatic heterocycles. The summed E-state index contributed by atoms with van der Waals surface area (Å²) >= 11 is 0. The topological polar surface area (TPSA) is 57.4 Å². The van der Waals surface area contributed by atoms with Crippen LogP contribution < -0.4 is 10.5 Å². The summed E-state index contributed by atoms with van der Waals surface area (Å²) in [5.74, 6) is 2.06. The number of anilines is 1. The molecule has 4 nitrogen and oxygen atoms in total. The Morgan fingerprint density at radius 1 is 1.24 bits per heavy atom. The predicted octanol–water partition coefficient (Wildman–Crippen LogP) is 3.53. The summed E-state index contributed by atoms with van der Waals surface area (Å²) in [7, 11) is 1.65. The van der Waals surface area contributed by atoms with E-state index in [9.17, 15) is 0 Å². The molecule has 0 radical (unpaired) electrons. The van der Waals surface area contributed by atoms with Crippen molar-refractivity contribution in [1.29, 1.82) is 0 Å². The highest BCUT2D eigenvalue weighted by Crippen LogP contribution is 2.26. The van der Waals surface area contributed by atoms with Gasteiger partial charge in [0.25, 0.3) is 0 Å². The molecule has 2 N–H and O–H groups in total. The Labute approximate surface area is 125 Å². The standard InChI is InChI=1S/C17H22N2O2/c1-20-15-7-6-13-8-14(17(18)19-16(13)9-15)11-21-10-12-4-2-3-5-12/h6-9,12H,2-5,10-11H2,1H3,(H2,18,19). The fraction of sp³-hybridized carbons (Fsp3) is 0.471. The highest BCUT2D eigenvalue weighted by Gasteiger charge is 2.15. The molecular formula is C17H22N2O2. The molecule has 1 fully saturated rings. The van der Waals surface area contributed by atoms with Gasteiger partial charge in [0.2, 0.25) is 0 Å². The molecule has 0 amide bonds. The van der Waals surface area contributed by atoms with Gasteiger partial charge in [0.05, 0.1) is 19.2 Å². The minimum absolute atomic E-state index is 0.539. The Morgan fingerprint density at radius 2 is 2.05 bits per heavy atom. The first kappa shape index (κ1) is 14.1. The van der Waals surface area contributed by atoms with Crippen molar-refractivity contribution >= 4 is 16.7 Å². The smallest absolute Gasteiger partial charge is 0.129 e. The van der Waals surface area contributed by atoms with Crippen molar-refractivity contribution in [3.63, 3.8) is 0 Å². The molecule has 1 aromatic heterocycles. The van der Waals surface area contributed by atoms with Crippen molar-refractivity contribution < 1.29 is 9.47 Å². The lowest BCUT2D eigenvalue weighted by Gasteiger charge is -2.12. The van der Waals surface area contributed by atoms with Crippen LogP contribution in [0.4, 0.5) is 5.82 Å². The molecule has 3 rings (SSSR count). The van der Waals surface area contributed by atoms with E-state index in [4.69, 9.17) is 15.2 Å². The van der Waals surface area contributed by atoms with Gasteiger partial charge in [-0.3, -0.25) is 0 Å². The largest absolute Gasteiger partial charge is 0.497 e. The molecule has 0 bridgehead atoms. The first-order chi connectivity index (χ1) is 10.3. The lowest BCUT2D eigenvalue weighted by atomic mass is 10.1. The molecule has 1 aliphatic carbocycles. The van der Waals surface area contributed by atoms with Crippen LogP contribution in [0, 0.1) is 5.92 Å². The van der Waals surface area contributed by atoms with Gasteiger partial charge in [0.1, 0.15) is 11.6 Å². The van der Waals surface area contributed by atoms with Crippen LogP contribution in [0.5, 0.6) is 5.75 Å². The SMILES string of the molecule is COc1ccc2cc(COCC3CCCC3)c(N)nc2c1. The molecule has 1 saturated carbocycles. The number of nitrogens with zero attached hydrogens (tertiary/aromatic N) is 1. The zero-order chi connectivity index (χ0) is 14.7. The molecule has 2 aromatic rings. The fourth-order valence-electron chi connectivity index (χ4n) is 2.96. The van der Waals surface area contributed by atoms with Crippen molar-refractivity contribution in [3.05, 3.63) is 29.8 Å². The maximum Gasteiger partial charge on any atom is 0.129 e. The number of hydrogen-bond acceptors (Lipinski definition) is 4. The number of rotatable bonds is 5. The first-order valence-corrected chi connectivity index (χ1v) is 7.57. The number of nitrogens with two attached hydrogens (primary N) is 1. The monoisotopic (exact) mass is 286 g/mol. The van der Waals surface area contributed by atoms with Crippen molar-refractivity contribution in [2.75, 3.05) is 19.5 Å². The Hall–Kier alpha value is -1.81. The van der Waals surface area contributed by atoms with Gasteiger partial charge in [0.15, 0.2) is 0 Å². The molecule has 1 heterocycles. The van der Waals surface area contributed by atoms with Gasteiger partial charge in [-0.25, -0.2) is 4.98 Å². The summed E-state index contributed by atoms with van der Waals surface area (Å²) in [6.07, 6.45) is 5.28. The lowest BCUT2D eigenvalue weighted by Crippen LogP contribution is -2.07. The fourth-order valence-corrected chi connectivity index (χ4v) is 2.96. The minimum Gasteiger partial charge on any atom is -0.497 e. The van der Waals surface area contributed by atoms with Gasteiger partial charge in [-0.1, -0.05) is 12.8 Å². The van der Waals surface area contributed by atoms with Gasteiger partial charge in [-0.05, 0) is 37.0 Å². The zero-order valence-corrected chi connectivity index (χ0v) is 12.5. The average molecular weight is 286 g/mol. The third kappa shape index (κ3) is 3.27. The molecular weight excluding hydrogens is 264 g/mol. The van der Waals surface area contributed by atoms with E-state index in [-0.39, 0.29) is 0 Å². The van der Waals surface area contributed by atoms with Crippen LogP contribution in [0.25, 0.3) is 10.9 Å². The van der Waals surface area contributed by atoms with Crippen LogP contribution in [-0.4, -0.2) is 18.7 Å². The number of hydrogen-bond donors (Lipinski definition) is 1. The maximum atomic E-state index is 6.04. The average Bonchev–Trinajstić information content (AvgIpc) is 3.00. The van der Waals surface area contributed by atoms with Crippen molar-refractivity contribution in [2.24, 2.45) is 5.92 Å². The Kier molecular flexibility index (Phi) is 4.25. The second-order valence-electron chi connectivity index (χ2n) is 5.76. The van der Waals surface area contributed by atoms with Crippen LogP contribution in [-0.2, 0) is 11.3 Å². The Bertz CT molecular complexity index is 621. The third-order valence-electron chi connectivity index (χ3n) is 4.22. The van der Waals surface area contributed by atoms with Crippen LogP contribution in [0.15, 0.2) is 24.3 Å². The number of benzene rings is 1. The molecule has 21 heavy (non-hydrogen) atoms. The van der Waals surface area contributed by atoms with E-state index in [1.807, 2.05) is 18.2 Å². The number of methoxy groups -OCH3 is 1. The van der Waals surface area contributed by atoms with Crippen molar-refractivity contribution in [1.82, 2.24) is 4.98 Å². The van der Waals surface area contributed by atoms with Gasteiger partial charge in [-0.2, -0.15) is 0 Å². The number of aromatic nitrogens is 1. The molecule has 1 aliphatic rings. The molecule has 112 valence electrons. The van der Waals surface area contributed by atoms with Crippen LogP contribution in [0.1, 0.15) is 31.2 Å². The highest BCUT2D eigenvalue weighted by molar-refractivity contribution is 5.82. The van der Waals surface area contributed by atoms with Gasteiger partial charge in [-0.15, -0.1) is 0 Å². The molecule has 0 unspecified atom stereocenters. The van der Waals surface area contributed by atoms with Crippen molar-refractivity contribution in [3.8, 4) is 5.75 Å². The predicted molar refractivity (Wildman–Crippen MR) is 84.3 cm³/mol. The van der Waals surface area contributed by atoms with E-state index >= 15 is 0 Å². The van der Waals surface area contributed by atoms with E-state index < -0.39 is 0 Å². The Morgan fingerprint density at radius 3 is 2.81 bits per heavy atom. The van der Waals surface area contributed by atoms with Crippen LogP contribution in [0.3, 0.4) is 0 Å². The number of pyridine rings is 1. The quantitative estimate of drug-likeness (QED) is 0.913. The second kappa shape index (κ2) is 6.31. The molecule has 1 aromatic carbocycles. The van der Waals surface area contributed by atoms with E-state index in [0.717, 1.165) is 34.7 Å². The Balaban J connectivity index is 1.71. The van der Waals surface area contributed by atoms with E-state index in [1.54, 1.807) is 7.11 Å². The normalized spacial score (nSPS) is 15.7. The number of fused-ring (bicyclic) bond motifs is 1. The van der Waals surface area contributed by atoms with Crippen LogP contribution in [0.2, 0.25) is 0 Å². The summed E-state index contributed by atoms with van der Waals surface area (Å²) in [5.41, 5.74) is 7.86. The second-order valence-corrected chi connectivity index (χ2v) is 5.76. The minimum atomic E-state index is 0.539. The van der Waals surface area contributed by atoms with E-state index in [2.05, 4.69) is 11.1 Å². The van der Waals surface area contributed by atoms with Gasteiger partial charge < -0.3 is 15.2 Å². The maximum absolute atomic E-state index is 6.04. The lowest BCUT2D eigenvalue weighted by molar-refractivity contribution is 0.0892. The summed E-state index contributed by atoms with van der Waals surface area (Å²) in [5, 5.41) is 1.06. The highest BCUT2D eigenvalue weighted by atomic mass is 16.5. The number of nitrogen functional groups attached to an aromatic ring is 1. The molecule has 0 spiro atoms. The van der Waals surface area contributed by atoms with Crippen LogP contribution >= 0.6 is 0 Å². The summed E-state index contributed by atoms with van der Waals surface area (Å²) in [4.78, 5) is 4.45. The summed E-state index contributed by atoms with van der Waals surface area (Å²) in [6, 6.07) is 7.89. The van der Waals surface area contributed by atoms with Gasteiger partial charge >= 0.3 is 0 Å². The van der Waals surface area contributed by atoms with E-state index in [1.165, 1.54) is 25.7 Å². The van der Waals surface area contributed by atoms with Gasteiger partial charge in [0, 0.05) is 23.6 Å². The third-order valence-corrected chi connectivity index (χ3v) is 4.22.